The Bertz CT molecular complexity index is 1000. The highest BCUT2D eigenvalue weighted by molar-refractivity contribution is 7.89. The first-order valence-electron chi connectivity index (χ1n) is 8.92. The van der Waals surface area contributed by atoms with Crippen molar-refractivity contribution in [2.45, 2.75) is 43.4 Å². The number of likely N-dealkylation sites (tertiary alicyclic amines) is 1. The van der Waals surface area contributed by atoms with Crippen molar-refractivity contribution in [2.24, 2.45) is 5.14 Å². The lowest BCUT2D eigenvalue weighted by Crippen LogP contribution is -2.46. The zero-order chi connectivity index (χ0) is 21.2. The molecule has 1 aliphatic heterocycles. The number of hydrogen-bond donors (Lipinski definition) is 3. The maximum Gasteiger partial charge on any atom is 0.243 e. The molecule has 1 fully saturated rings. The van der Waals surface area contributed by atoms with Gasteiger partial charge in [0.05, 0.1) is 23.1 Å². The molecule has 0 saturated carbocycles. The minimum Gasteiger partial charge on any atom is -0.391 e. The second-order valence-corrected chi connectivity index (χ2v) is 8.53. The maximum atomic E-state index is 12.6. The van der Waals surface area contributed by atoms with Gasteiger partial charge in [0.1, 0.15) is 11.8 Å². The molecular weight excluding hydrogens is 400 g/mol. The number of aliphatic hydroxyl groups excluding tert-OH is 1. The summed E-state index contributed by atoms with van der Waals surface area (Å²) in [6.07, 6.45) is -0.704. The first kappa shape index (κ1) is 21.0. The first-order chi connectivity index (χ1) is 13.6. The van der Waals surface area contributed by atoms with E-state index in [-0.39, 0.29) is 36.7 Å². The summed E-state index contributed by atoms with van der Waals surface area (Å²) in [5, 5.41) is 21.4. The van der Waals surface area contributed by atoms with Gasteiger partial charge in [-0.25, -0.2) is 13.6 Å². The van der Waals surface area contributed by atoms with E-state index in [0.29, 0.717) is 17.0 Å². The average molecular weight is 422 g/mol. The van der Waals surface area contributed by atoms with Crippen molar-refractivity contribution in [1.29, 1.82) is 0 Å². The second-order valence-electron chi connectivity index (χ2n) is 6.97. The molecule has 2 atom stereocenters. The summed E-state index contributed by atoms with van der Waals surface area (Å²) in [6.45, 7) is 1.94. The standard InChI is InChI=1S/C18H22N4O6S/c1-11-6-14(28-21-11)8-17(24)22-10-13(23)7-16(22)18(25)20-9-12-2-4-15(5-3-12)29(19,26)27/h2-6,13,16,23H,7-10H2,1H3,(H,20,25)(H2,19,26,27)/t13-,16+/m1/s1. The fourth-order valence-electron chi connectivity index (χ4n) is 3.19. The zero-order valence-electron chi connectivity index (χ0n) is 15.7. The predicted molar refractivity (Wildman–Crippen MR) is 101 cm³/mol. The topological polar surface area (TPSA) is 156 Å². The molecule has 1 aromatic heterocycles. The number of hydrogen-bond acceptors (Lipinski definition) is 7. The van der Waals surface area contributed by atoms with Crippen molar-refractivity contribution in [3.63, 3.8) is 0 Å². The number of β-amino-alcohol motifs (C(OH)–C–C–N with tert-alkyl or cyclic N) is 1. The number of carbonyl (C=O) groups is 2. The maximum absolute atomic E-state index is 12.6. The molecule has 1 saturated heterocycles. The SMILES string of the molecule is Cc1cc(CC(=O)N2C[C@H](O)C[C@H]2C(=O)NCc2ccc(S(N)(=O)=O)cc2)on1. The second kappa shape index (κ2) is 8.31. The molecule has 0 radical (unpaired) electrons. The Morgan fingerprint density at radius 2 is 2.03 bits per heavy atom. The Morgan fingerprint density at radius 1 is 1.34 bits per heavy atom. The molecule has 4 N–H and O–H groups in total. The van der Waals surface area contributed by atoms with Gasteiger partial charge in [-0.1, -0.05) is 17.3 Å². The quantitative estimate of drug-likeness (QED) is 0.564. The van der Waals surface area contributed by atoms with Crippen LogP contribution in [-0.2, 0) is 32.6 Å². The van der Waals surface area contributed by atoms with Crippen LogP contribution < -0.4 is 10.5 Å². The van der Waals surface area contributed by atoms with Crippen molar-refractivity contribution in [3.8, 4) is 0 Å². The molecule has 2 amide bonds. The van der Waals surface area contributed by atoms with Gasteiger partial charge >= 0.3 is 0 Å². The average Bonchev–Trinajstić information content (AvgIpc) is 3.24. The van der Waals surface area contributed by atoms with Gasteiger partial charge in [-0.05, 0) is 24.6 Å². The molecule has 0 aliphatic carbocycles. The van der Waals surface area contributed by atoms with E-state index < -0.39 is 28.1 Å². The number of sulfonamides is 1. The van der Waals surface area contributed by atoms with Crippen LogP contribution in [0.1, 0.15) is 23.4 Å². The van der Waals surface area contributed by atoms with E-state index in [2.05, 4.69) is 10.5 Å². The van der Waals surface area contributed by atoms with Crippen LogP contribution in [0.2, 0.25) is 0 Å². The van der Waals surface area contributed by atoms with Crippen molar-refractivity contribution in [3.05, 3.63) is 47.3 Å². The third kappa shape index (κ3) is 5.19. The molecule has 0 spiro atoms. The van der Waals surface area contributed by atoms with Crippen LogP contribution in [0.3, 0.4) is 0 Å². The molecule has 29 heavy (non-hydrogen) atoms. The van der Waals surface area contributed by atoms with Crippen LogP contribution in [0.4, 0.5) is 0 Å². The van der Waals surface area contributed by atoms with E-state index in [1.54, 1.807) is 25.1 Å². The lowest BCUT2D eigenvalue weighted by atomic mass is 10.1. The number of primary sulfonamides is 1. The Labute approximate surface area is 167 Å². The number of rotatable bonds is 6. The van der Waals surface area contributed by atoms with Crippen LogP contribution in [0.5, 0.6) is 0 Å². The molecular formula is C18H22N4O6S. The first-order valence-corrected chi connectivity index (χ1v) is 10.5. The highest BCUT2D eigenvalue weighted by atomic mass is 32.2. The van der Waals surface area contributed by atoms with E-state index in [4.69, 9.17) is 9.66 Å². The summed E-state index contributed by atoms with van der Waals surface area (Å²) in [5.41, 5.74) is 1.32. The number of amides is 2. The number of aryl methyl sites for hydroxylation is 1. The summed E-state index contributed by atoms with van der Waals surface area (Å²) in [6, 6.07) is 6.63. The Balaban J connectivity index is 1.61. The van der Waals surface area contributed by atoms with Crippen LogP contribution in [0, 0.1) is 6.92 Å². The zero-order valence-corrected chi connectivity index (χ0v) is 16.6. The minimum absolute atomic E-state index is 0.0223. The molecule has 3 rings (SSSR count). The smallest absolute Gasteiger partial charge is 0.243 e. The molecule has 2 heterocycles. The van der Waals surface area contributed by atoms with Gasteiger partial charge in [0.2, 0.25) is 21.8 Å². The third-order valence-corrected chi connectivity index (χ3v) is 5.55. The van der Waals surface area contributed by atoms with E-state index in [1.807, 2.05) is 0 Å². The van der Waals surface area contributed by atoms with E-state index >= 15 is 0 Å². The number of carbonyl (C=O) groups excluding carboxylic acids is 2. The lowest BCUT2D eigenvalue weighted by Gasteiger charge is -2.23. The van der Waals surface area contributed by atoms with E-state index in [9.17, 15) is 23.1 Å². The van der Waals surface area contributed by atoms with Crippen LogP contribution in [0.25, 0.3) is 0 Å². The fraction of sp³-hybridized carbons (Fsp3) is 0.389. The van der Waals surface area contributed by atoms with Crippen molar-refractivity contribution >= 4 is 21.8 Å². The van der Waals surface area contributed by atoms with Crippen LogP contribution in [0.15, 0.2) is 39.8 Å². The molecule has 1 aliphatic rings. The Kier molecular flexibility index (Phi) is 6.01. The molecule has 2 aromatic rings. The van der Waals surface area contributed by atoms with Crippen LogP contribution in [-0.4, -0.2) is 54.1 Å². The number of aromatic nitrogens is 1. The van der Waals surface area contributed by atoms with Gasteiger partial charge < -0.3 is 19.8 Å². The predicted octanol–water partition coefficient (Wildman–Crippen LogP) is -0.549. The lowest BCUT2D eigenvalue weighted by molar-refractivity contribution is -0.138. The monoisotopic (exact) mass is 422 g/mol. The normalized spacial score (nSPS) is 19.3. The van der Waals surface area contributed by atoms with E-state index in [0.717, 1.165) is 0 Å². The molecule has 0 unspecified atom stereocenters. The number of nitrogens with one attached hydrogen (secondary N) is 1. The largest absolute Gasteiger partial charge is 0.391 e. The number of benzene rings is 1. The van der Waals surface area contributed by atoms with Gasteiger partial charge in [-0.2, -0.15) is 0 Å². The van der Waals surface area contributed by atoms with Gasteiger partial charge in [0.15, 0.2) is 0 Å². The fourth-order valence-corrected chi connectivity index (χ4v) is 3.71. The highest BCUT2D eigenvalue weighted by Gasteiger charge is 2.38. The van der Waals surface area contributed by atoms with Crippen molar-refractivity contribution in [2.75, 3.05) is 6.54 Å². The highest BCUT2D eigenvalue weighted by Crippen LogP contribution is 2.20. The minimum atomic E-state index is -3.78. The summed E-state index contributed by atoms with van der Waals surface area (Å²) < 4.78 is 27.6. The number of nitrogens with two attached hydrogens (primary N) is 1. The van der Waals surface area contributed by atoms with Gasteiger partial charge in [0, 0.05) is 25.6 Å². The van der Waals surface area contributed by atoms with Crippen molar-refractivity contribution < 1.29 is 27.6 Å². The summed E-state index contributed by atoms with van der Waals surface area (Å²) in [7, 11) is -3.78. The van der Waals surface area contributed by atoms with Gasteiger partial charge in [0.25, 0.3) is 0 Å². The molecule has 156 valence electrons. The van der Waals surface area contributed by atoms with Crippen molar-refractivity contribution in [1.82, 2.24) is 15.4 Å². The number of nitrogens with zero attached hydrogens (tertiary/aromatic N) is 2. The van der Waals surface area contributed by atoms with Gasteiger partial charge in [-0.15, -0.1) is 0 Å². The van der Waals surface area contributed by atoms with Gasteiger partial charge in [-0.3, -0.25) is 9.59 Å². The third-order valence-electron chi connectivity index (χ3n) is 4.62. The molecule has 11 heteroatoms. The van der Waals surface area contributed by atoms with Crippen LogP contribution >= 0.6 is 0 Å². The van der Waals surface area contributed by atoms with E-state index in [1.165, 1.54) is 17.0 Å². The number of aliphatic hydroxyl groups is 1. The molecule has 10 nitrogen and oxygen atoms in total. The molecule has 0 bridgehead atoms. The summed E-state index contributed by atoms with van der Waals surface area (Å²) >= 11 is 0. The Hall–Kier alpha value is -2.76. The summed E-state index contributed by atoms with van der Waals surface area (Å²) in [5.74, 6) is -0.350. The Morgan fingerprint density at radius 3 is 2.62 bits per heavy atom. The molecule has 1 aromatic carbocycles. The summed E-state index contributed by atoms with van der Waals surface area (Å²) in [4.78, 5) is 26.5.